The van der Waals surface area contributed by atoms with Crippen molar-refractivity contribution in [1.82, 2.24) is 19.7 Å². The van der Waals surface area contributed by atoms with E-state index in [1.807, 2.05) is 39.9 Å². The summed E-state index contributed by atoms with van der Waals surface area (Å²) in [5.41, 5.74) is 3.34. The van der Waals surface area contributed by atoms with Crippen LogP contribution in [0.3, 0.4) is 0 Å². The Morgan fingerprint density at radius 1 is 0.966 bits per heavy atom. The largest absolute Gasteiger partial charge is 0.336 e. The lowest BCUT2D eigenvalue weighted by Crippen LogP contribution is -2.33. The molecule has 3 aromatic rings. The molecule has 2 aromatic carbocycles. The van der Waals surface area contributed by atoms with Gasteiger partial charge in [-0.2, -0.15) is 0 Å². The average molecular weight is 391 g/mol. The van der Waals surface area contributed by atoms with Gasteiger partial charge >= 0.3 is 0 Å². The number of amides is 1. The van der Waals surface area contributed by atoms with Gasteiger partial charge in [-0.3, -0.25) is 4.79 Å². The lowest BCUT2D eigenvalue weighted by molar-refractivity contribution is 0.0743. The highest BCUT2D eigenvalue weighted by Gasteiger charge is 2.22. The summed E-state index contributed by atoms with van der Waals surface area (Å²) in [7, 11) is 0. The molecule has 0 saturated carbocycles. The monoisotopic (exact) mass is 390 g/mol. The second kappa shape index (κ2) is 10.0. The van der Waals surface area contributed by atoms with E-state index in [1.54, 1.807) is 0 Å². The van der Waals surface area contributed by atoms with Crippen molar-refractivity contribution >= 4 is 5.91 Å². The fourth-order valence-electron chi connectivity index (χ4n) is 3.46. The molecule has 1 amide bonds. The molecule has 152 valence electrons. The number of aromatic nitrogens is 3. The summed E-state index contributed by atoms with van der Waals surface area (Å²) in [6.07, 6.45) is 3.42. The number of benzene rings is 2. The summed E-state index contributed by atoms with van der Waals surface area (Å²) >= 11 is 0. The minimum absolute atomic E-state index is 0.0823. The van der Waals surface area contributed by atoms with Gasteiger partial charge in [-0.05, 0) is 49.4 Å². The highest BCUT2D eigenvalue weighted by molar-refractivity contribution is 5.90. The minimum atomic E-state index is -0.0823. The molecule has 0 unspecified atom stereocenters. The van der Waals surface area contributed by atoms with Gasteiger partial charge < -0.3 is 4.90 Å². The maximum atomic E-state index is 13.1. The van der Waals surface area contributed by atoms with Gasteiger partial charge in [0.2, 0.25) is 5.82 Å². The topological polar surface area (TPSA) is 51.0 Å². The van der Waals surface area contributed by atoms with Crippen LogP contribution in [0.5, 0.6) is 0 Å². The van der Waals surface area contributed by atoms with E-state index < -0.39 is 0 Å². The van der Waals surface area contributed by atoms with E-state index in [2.05, 4.69) is 55.1 Å². The fourth-order valence-corrected chi connectivity index (χ4v) is 3.46. The number of hydrogen-bond acceptors (Lipinski definition) is 3. The van der Waals surface area contributed by atoms with E-state index >= 15 is 0 Å². The third-order valence-corrected chi connectivity index (χ3v) is 4.87. The molecule has 0 bridgehead atoms. The van der Waals surface area contributed by atoms with E-state index in [-0.39, 0.29) is 11.7 Å². The summed E-state index contributed by atoms with van der Waals surface area (Å²) in [4.78, 5) is 19.6. The van der Waals surface area contributed by atoms with Gasteiger partial charge in [-0.25, -0.2) is 9.67 Å². The molecule has 1 heterocycles. The molecule has 0 aliphatic rings. The number of hydrogen-bond donors (Lipinski definition) is 0. The Morgan fingerprint density at radius 2 is 1.69 bits per heavy atom. The molecule has 0 radical (unpaired) electrons. The second-order valence-corrected chi connectivity index (χ2v) is 7.38. The Morgan fingerprint density at radius 3 is 2.34 bits per heavy atom. The highest BCUT2D eigenvalue weighted by Crippen LogP contribution is 2.15. The van der Waals surface area contributed by atoms with Gasteiger partial charge in [-0.15, -0.1) is 5.10 Å². The molecule has 3 rings (SSSR count). The molecule has 5 heteroatoms. The van der Waals surface area contributed by atoms with Crippen LogP contribution in [0.1, 0.15) is 54.3 Å². The molecular weight excluding hydrogens is 360 g/mol. The van der Waals surface area contributed by atoms with Crippen LogP contribution in [0.25, 0.3) is 5.69 Å². The summed E-state index contributed by atoms with van der Waals surface area (Å²) < 4.78 is 1.83. The van der Waals surface area contributed by atoms with Crippen LogP contribution in [0, 0.1) is 6.92 Å². The molecule has 0 fully saturated rings. The van der Waals surface area contributed by atoms with Crippen molar-refractivity contribution < 1.29 is 4.79 Å². The molecule has 5 nitrogen and oxygen atoms in total. The number of carbonyl (C=O) groups is 1. The van der Waals surface area contributed by atoms with E-state index in [1.165, 1.54) is 5.56 Å². The van der Waals surface area contributed by atoms with Gasteiger partial charge in [0.15, 0.2) is 0 Å². The maximum absolute atomic E-state index is 13.1. The van der Waals surface area contributed by atoms with E-state index in [0.717, 1.165) is 55.8 Å². The molecule has 0 spiro atoms. The molecule has 0 aliphatic carbocycles. The van der Waals surface area contributed by atoms with Gasteiger partial charge in [0.25, 0.3) is 5.91 Å². The van der Waals surface area contributed by atoms with E-state index in [0.29, 0.717) is 0 Å². The highest BCUT2D eigenvalue weighted by atomic mass is 16.2. The SMILES string of the molecule is CCCN(CCC)C(=O)c1nc(CCc2ccccc2)n(-c2cccc(C)c2)n1. The summed E-state index contributed by atoms with van der Waals surface area (Å²) in [5, 5.41) is 4.63. The quantitative estimate of drug-likeness (QED) is 0.535. The summed E-state index contributed by atoms with van der Waals surface area (Å²) in [6, 6.07) is 18.5. The Labute approximate surface area is 173 Å². The predicted molar refractivity (Wildman–Crippen MR) is 116 cm³/mol. The van der Waals surface area contributed by atoms with Crippen LogP contribution in [0.15, 0.2) is 54.6 Å². The van der Waals surface area contributed by atoms with Crippen molar-refractivity contribution in [2.45, 2.75) is 46.5 Å². The van der Waals surface area contributed by atoms with Gasteiger partial charge in [0.1, 0.15) is 5.82 Å². The van der Waals surface area contributed by atoms with Gasteiger partial charge in [0.05, 0.1) is 5.69 Å². The molecule has 1 aromatic heterocycles. The van der Waals surface area contributed by atoms with Crippen LogP contribution < -0.4 is 0 Å². The lowest BCUT2D eigenvalue weighted by atomic mass is 10.1. The Kier molecular flexibility index (Phi) is 7.17. The van der Waals surface area contributed by atoms with Crippen molar-refractivity contribution in [1.29, 1.82) is 0 Å². The number of aryl methyl sites for hydroxylation is 3. The molecular formula is C24H30N4O. The van der Waals surface area contributed by atoms with Crippen LogP contribution in [-0.4, -0.2) is 38.7 Å². The van der Waals surface area contributed by atoms with Crippen molar-refractivity contribution in [3.8, 4) is 5.69 Å². The maximum Gasteiger partial charge on any atom is 0.293 e. The van der Waals surface area contributed by atoms with Crippen LogP contribution in [0.4, 0.5) is 0 Å². The first-order valence-electron chi connectivity index (χ1n) is 10.5. The lowest BCUT2D eigenvalue weighted by Gasteiger charge is -2.19. The average Bonchev–Trinajstić information content (AvgIpc) is 3.17. The van der Waals surface area contributed by atoms with Crippen molar-refractivity contribution in [2.24, 2.45) is 0 Å². The zero-order valence-electron chi connectivity index (χ0n) is 17.6. The van der Waals surface area contributed by atoms with Crippen LogP contribution in [-0.2, 0) is 12.8 Å². The summed E-state index contributed by atoms with van der Waals surface area (Å²) in [5.74, 6) is 1.02. The third kappa shape index (κ3) is 5.31. The Hall–Kier alpha value is -2.95. The zero-order chi connectivity index (χ0) is 20.6. The minimum Gasteiger partial charge on any atom is -0.336 e. The molecule has 0 saturated heterocycles. The van der Waals surface area contributed by atoms with Crippen LogP contribution in [0.2, 0.25) is 0 Å². The van der Waals surface area contributed by atoms with Crippen LogP contribution >= 0.6 is 0 Å². The predicted octanol–water partition coefficient (Wildman–Crippen LogP) is 4.62. The van der Waals surface area contributed by atoms with E-state index in [4.69, 9.17) is 0 Å². The number of rotatable bonds is 9. The Balaban J connectivity index is 1.93. The second-order valence-electron chi connectivity index (χ2n) is 7.38. The fraction of sp³-hybridized carbons (Fsp3) is 0.375. The normalized spacial score (nSPS) is 10.9. The third-order valence-electron chi connectivity index (χ3n) is 4.87. The van der Waals surface area contributed by atoms with Gasteiger partial charge in [0, 0.05) is 19.5 Å². The standard InChI is InChI=1S/C24H30N4O/c1-4-16-27(17-5-2)24(29)23-25-22(15-14-20-11-7-6-8-12-20)28(26-23)21-13-9-10-19(3)18-21/h6-13,18H,4-5,14-17H2,1-3H3. The zero-order valence-corrected chi connectivity index (χ0v) is 17.6. The smallest absolute Gasteiger partial charge is 0.293 e. The number of carbonyl (C=O) groups excluding carboxylic acids is 1. The first kappa shape index (κ1) is 20.8. The van der Waals surface area contributed by atoms with Crippen molar-refractivity contribution in [3.63, 3.8) is 0 Å². The molecule has 0 atom stereocenters. The van der Waals surface area contributed by atoms with E-state index in [9.17, 15) is 4.79 Å². The first-order chi connectivity index (χ1) is 14.1. The molecule has 29 heavy (non-hydrogen) atoms. The molecule has 0 aliphatic heterocycles. The van der Waals surface area contributed by atoms with Crippen molar-refractivity contribution in [2.75, 3.05) is 13.1 Å². The van der Waals surface area contributed by atoms with Crippen molar-refractivity contribution in [3.05, 3.63) is 77.4 Å². The van der Waals surface area contributed by atoms with Gasteiger partial charge in [-0.1, -0.05) is 56.3 Å². The summed E-state index contributed by atoms with van der Waals surface area (Å²) in [6.45, 7) is 7.68. The Bertz CT molecular complexity index is 927. The molecule has 0 N–H and O–H groups in total. The first-order valence-corrected chi connectivity index (χ1v) is 10.5. The number of nitrogens with zero attached hydrogens (tertiary/aromatic N) is 4.